The van der Waals surface area contributed by atoms with E-state index in [0.29, 0.717) is 6.54 Å². The van der Waals surface area contributed by atoms with Crippen molar-refractivity contribution in [3.63, 3.8) is 0 Å². The Bertz CT molecular complexity index is 446. The van der Waals surface area contributed by atoms with Crippen molar-refractivity contribution in [2.24, 2.45) is 17.8 Å². The fourth-order valence-electron chi connectivity index (χ4n) is 5.89. The molecule has 4 aliphatic carbocycles. The number of rotatable bonds is 3. The Labute approximate surface area is 126 Å². The summed E-state index contributed by atoms with van der Waals surface area (Å²) in [6.45, 7) is 1.20. The third-order valence-corrected chi connectivity index (χ3v) is 6.38. The molecule has 1 atom stereocenters. The van der Waals surface area contributed by atoms with Gasteiger partial charge in [-0.25, -0.2) is 0 Å². The Hall–Kier alpha value is -1.08. The molecule has 1 saturated heterocycles. The lowest BCUT2D eigenvalue weighted by atomic mass is 9.53. The topological polar surface area (TPSA) is 56.1 Å². The fourth-order valence-corrected chi connectivity index (χ4v) is 5.89. The molecule has 5 fully saturated rings. The quantitative estimate of drug-likeness (QED) is 0.864. The molecule has 0 unspecified atom stereocenters. The number of amides is 1. The Morgan fingerprint density at radius 3 is 2.38 bits per heavy atom. The molecule has 0 aromatic carbocycles. The zero-order valence-corrected chi connectivity index (χ0v) is 12.7. The van der Waals surface area contributed by atoms with Gasteiger partial charge in [-0.05, 0) is 69.1 Å². The van der Waals surface area contributed by atoms with Crippen molar-refractivity contribution in [1.82, 2.24) is 10.2 Å². The highest BCUT2D eigenvalue weighted by Crippen LogP contribution is 2.55. The van der Waals surface area contributed by atoms with Gasteiger partial charge in [0.15, 0.2) is 0 Å². The van der Waals surface area contributed by atoms with Gasteiger partial charge in [-0.3, -0.25) is 4.79 Å². The van der Waals surface area contributed by atoms with Gasteiger partial charge in [0.05, 0.1) is 12.6 Å². The van der Waals surface area contributed by atoms with E-state index in [9.17, 15) is 4.79 Å². The van der Waals surface area contributed by atoms with Gasteiger partial charge in [-0.15, -0.1) is 0 Å². The lowest BCUT2D eigenvalue weighted by molar-refractivity contribution is -0.131. The average Bonchev–Trinajstić information content (AvgIpc) is 2.92. The van der Waals surface area contributed by atoms with E-state index in [1.165, 1.54) is 38.5 Å². The first kappa shape index (κ1) is 13.6. The second kappa shape index (κ2) is 4.98. The molecule has 1 amide bonds. The normalized spacial score (nSPS) is 44.0. The first-order valence-electron chi connectivity index (χ1n) is 8.61. The van der Waals surface area contributed by atoms with Crippen LogP contribution in [0.4, 0.5) is 0 Å². The van der Waals surface area contributed by atoms with Crippen molar-refractivity contribution >= 4 is 5.91 Å². The molecule has 5 aliphatic rings. The van der Waals surface area contributed by atoms with Gasteiger partial charge < -0.3 is 10.2 Å². The Morgan fingerprint density at radius 1 is 1.19 bits per heavy atom. The second-order valence-electron chi connectivity index (χ2n) is 7.93. The number of carbonyl (C=O) groups excluding carboxylic acids is 1. The van der Waals surface area contributed by atoms with E-state index in [-0.39, 0.29) is 17.5 Å². The van der Waals surface area contributed by atoms with Gasteiger partial charge in [-0.1, -0.05) is 0 Å². The van der Waals surface area contributed by atoms with Gasteiger partial charge in [0.2, 0.25) is 5.91 Å². The number of nitrogens with one attached hydrogen (secondary N) is 1. The van der Waals surface area contributed by atoms with Crippen LogP contribution in [0.15, 0.2) is 0 Å². The summed E-state index contributed by atoms with van der Waals surface area (Å²) in [7, 11) is 0. The zero-order chi connectivity index (χ0) is 14.4. The lowest BCUT2D eigenvalue weighted by Crippen LogP contribution is -2.60. The Kier molecular flexibility index (Phi) is 3.22. The molecule has 114 valence electrons. The van der Waals surface area contributed by atoms with Gasteiger partial charge in [-0.2, -0.15) is 5.26 Å². The van der Waals surface area contributed by atoms with E-state index in [2.05, 4.69) is 11.4 Å². The number of hydrogen-bond donors (Lipinski definition) is 1. The molecule has 4 bridgehead atoms. The fraction of sp³-hybridized carbons (Fsp3) is 0.882. The van der Waals surface area contributed by atoms with Crippen LogP contribution in [-0.2, 0) is 4.79 Å². The van der Waals surface area contributed by atoms with E-state index < -0.39 is 0 Å². The Balaban J connectivity index is 1.38. The van der Waals surface area contributed by atoms with Crippen molar-refractivity contribution in [3.05, 3.63) is 0 Å². The molecule has 1 aliphatic heterocycles. The molecule has 1 N–H and O–H groups in total. The van der Waals surface area contributed by atoms with Gasteiger partial charge in [0, 0.05) is 12.1 Å². The second-order valence-corrected chi connectivity index (χ2v) is 7.93. The molecule has 5 rings (SSSR count). The first-order valence-corrected chi connectivity index (χ1v) is 8.61. The van der Waals surface area contributed by atoms with Crippen LogP contribution < -0.4 is 5.32 Å². The molecule has 21 heavy (non-hydrogen) atoms. The van der Waals surface area contributed by atoms with Crippen LogP contribution in [0.3, 0.4) is 0 Å². The summed E-state index contributed by atoms with van der Waals surface area (Å²) in [6, 6.07) is 2.08. The maximum Gasteiger partial charge on any atom is 0.237 e. The molecular weight excluding hydrogens is 262 g/mol. The summed E-state index contributed by atoms with van der Waals surface area (Å²) in [4.78, 5) is 14.2. The van der Waals surface area contributed by atoms with Crippen LogP contribution in [0.2, 0.25) is 0 Å². The molecule has 0 aromatic heterocycles. The van der Waals surface area contributed by atoms with Crippen molar-refractivity contribution in [1.29, 1.82) is 5.26 Å². The van der Waals surface area contributed by atoms with Crippen LogP contribution in [0, 0.1) is 29.1 Å². The number of nitriles is 1. The lowest BCUT2D eigenvalue weighted by Gasteiger charge is -2.57. The van der Waals surface area contributed by atoms with Gasteiger partial charge in [0.25, 0.3) is 0 Å². The highest BCUT2D eigenvalue weighted by atomic mass is 16.2. The van der Waals surface area contributed by atoms with Crippen molar-refractivity contribution in [3.8, 4) is 6.07 Å². The van der Waals surface area contributed by atoms with Gasteiger partial charge >= 0.3 is 0 Å². The summed E-state index contributed by atoms with van der Waals surface area (Å²) in [5, 5.41) is 12.8. The smallest absolute Gasteiger partial charge is 0.237 e. The minimum absolute atomic E-state index is 0.134. The predicted octanol–water partition coefficient (Wildman–Crippen LogP) is 2.06. The van der Waals surface area contributed by atoms with Crippen LogP contribution in [0.25, 0.3) is 0 Å². The molecule has 0 radical (unpaired) electrons. The number of hydrogen-bond acceptors (Lipinski definition) is 3. The molecule has 0 aromatic rings. The number of likely N-dealkylation sites (tertiary alicyclic amines) is 1. The summed E-state index contributed by atoms with van der Waals surface area (Å²) in [5.41, 5.74) is 0.242. The summed E-state index contributed by atoms with van der Waals surface area (Å²) in [6.07, 6.45) is 9.92. The van der Waals surface area contributed by atoms with Gasteiger partial charge in [0.1, 0.15) is 6.04 Å². The molecular formula is C17H25N3O. The highest BCUT2D eigenvalue weighted by Gasteiger charge is 2.50. The third-order valence-electron chi connectivity index (χ3n) is 6.38. The third kappa shape index (κ3) is 2.36. The largest absolute Gasteiger partial charge is 0.326 e. The van der Waals surface area contributed by atoms with Crippen molar-refractivity contribution in [2.45, 2.75) is 62.9 Å². The number of carbonyl (C=O) groups is 1. The van der Waals surface area contributed by atoms with E-state index in [1.807, 2.05) is 0 Å². The maximum absolute atomic E-state index is 12.4. The summed E-state index contributed by atoms with van der Waals surface area (Å²) >= 11 is 0. The summed E-state index contributed by atoms with van der Waals surface area (Å²) in [5.74, 6) is 2.84. The van der Waals surface area contributed by atoms with Crippen LogP contribution in [-0.4, -0.2) is 35.5 Å². The highest BCUT2D eigenvalue weighted by molar-refractivity contribution is 5.79. The van der Waals surface area contributed by atoms with E-state index in [0.717, 1.165) is 37.1 Å². The molecule has 4 saturated carbocycles. The molecule has 4 nitrogen and oxygen atoms in total. The minimum Gasteiger partial charge on any atom is -0.326 e. The monoisotopic (exact) mass is 287 g/mol. The molecule has 1 heterocycles. The Morgan fingerprint density at radius 2 is 1.81 bits per heavy atom. The zero-order valence-electron chi connectivity index (χ0n) is 12.7. The van der Waals surface area contributed by atoms with Crippen molar-refractivity contribution in [2.75, 3.05) is 13.1 Å². The van der Waals surface area contributed by atoms with E-state index in [1.54, 1.807) is 4.90 Å². The standard InChI is InChI=1S/C17H25N3O/c18-10-15-2-1-3-20(15)16(21)11-19-17-7-12-4-13(8-17)6-14(5-12)9-17/h12-15,19H,1-9,11H2/t12?,13?,14?,15-,17?/m0/s1. The van der Waals surface area contributed by atoms with Crippen molar-refractivity contribution < 1.29 is 4.79 Å². The maximum atomic E-state index is 12.4. The molecule has 0 spiro atoms. The van der Waals surface area contributed by atoms with Crippen LogP contribution >= 0.6 is 0 Å². The predicted molar refractivity (Wildman–Crippen MR) is 79.3 cm³/mol. The van der Waals surface area contributed by atoms with E-state index in [4.69, 9.17) is 5.26 Å². The minimum atomic E-state index is -0.185. The number of nitrogens with zero attached hydrogens (tertiary/aromatic N) is 2. The van der Waals surface area contributed by atoms with Crippen LogP contribution in [0.1, 0.15) is 51.4 Å². The SMILES string of the molecule is N#C[C@@H]1CCCN1C(=O)CNC12CC3CC(CC(C3)C1)C2. The molecule has 4 heteroatoms. The first-order chi connectivity index (χ1) is 10.2. The van der Waals surface area contributed by atoms with E-state index >= 15 is 0 Å². The summed E-state index contributed by atoms with van der Waals surface area (Å²) < 4.78 is 0. The average molecular weight is 287 g/mol. The van der Waals surface area contributed by atoms with Crippen LogP contribution in [0.5, 0.6) is 0 Å².